The van der Waals surface area contributed by atoms with Crippen molar-refractivity contribution in [1.82, 2.24) is 0 Å². The van der Waals surface area contributed by atoms with Gasteiger partial charge in [-0.2, -0.15) is 0 Å². The summed E-state index contributed by atoms with van der Waals surface area (Å²) in [4.78, 5) is 0. The Morgan fingerprint density at radius 2 is 1.40 bits per heavy atom. The molecule has 0 bridgehead atoms. The molecule has 2 aliphatic carbocycles. The fourth-order valence-electron chi connectivity index (χ4n) is 7.35. The molecular weight excluding hydrogens is 440 g/mol. The van der Waals surface area contributed by atoms with Crippen molar-refractivity contribution >= 4 is 31.0 Å². The van der Waals surface area contributed by atoms with Crippen LogP contribution in [0.4, 0.5) is 22.7 Å². The summed E-state index contributed by atoms with van der Waals surface area (Å²) in [6, 6.07) is 17.9. The minimum absolute atomic E-state index is 0.578. The Hall–Kier alpha value is -2.26. The molecule has 1 N–H and O–H groups in total. The van der Waals surface area contributed by atoms with E-state index in [9.17, 15) is 0 Å². The number of hydrogen-bond donors (Lipinski definition) is 1. The van der Waals surface area contributed by atoms with E-state index in [0.717, 1.165) is 5.92 Å². The summed E-state index contributed by atoms with van der Waals surface area (Å²) in [7, 11) is -1.98. The van der Waals surface area contributed by atoms with Gasteiger partial charge in [0.1, 0.15) is 0 Å². The maximum absolute atomic E-state index is 3.72. The Bertz CT molecular complexity index is 1110. The van der Waals surface area contributed by atoms with Gasteiger partial charge >= 0.3 is 0 Å². The van der Waals surface area contributed by atoms with Gasteiger partial charge in [0.05, 0.1) is 22.7 Å². The van der Waals surface area contributed by atoms with Crippen molar-refractivity contribution in [3.8, 4) is 0 Å². The molecule has 1 fully saturated rings. The molecule has 0 radical (unpaired) electrons. The van der Waals surface area contributed by atoms with Crippen LogP contribution in [-0.4, -0.2) is 8.24 Å². The Kier molecular flexibility index (Phi) is 6.28. The quantitative estimate of drug-likeness (QED) is 0.425. The Labute approximate surface area is 214 Å². The number of rotatable bonds is 5. The molecule has 4 atom stereocenters. The fourth-order valence-corrected chi connectivity index (χ4v) is 11.4. The molecular formula is C32H44N2Si. The average molecular weight is 485 g/mol. The number of allylic oxidation sites excluding steroid dienone is 4. The molecule has 0 amide bonds. The third-order valence-corrected chi connectivity index (χ3v) is 13.3. The number of fused-ring (bicyclic) bond motifs is 3. The highest BCUT2D eigenvalue weighted by Crippen LogP contribution is 2.61. The zero-order chi connectivity index (χ0) is 25.1. The van der Waals surface area contributed by atoms with Crippen molar-refractivity contribution in [2.75, 3.05) is 9.88 Å². The molecule has 1 aliphatic heterocycles. The molecule has 2 aromatic carbocycles. The fraction of sp³-hybridized carbons (Fsp3) is 0.500. The number of hydrogen-bond acceptors (Lipinski definition) is 2. The van der Waals surface area contributed by atoms with Crippen molar-refractivity contribution < 1.29 is 0 Å². The van der Waals surface area contributed by atoms with Crippen LogP contribution in [0, 0.1) is 35.5 Å². The third kappa shape index (κ3) is 4.00. The molecule has 3 aliphatic rings. The number of nitrogens with one attached hydrogen (secondary N) is 1. The average Bonchev–Trinajstić information content (AvgIpc) is 3.22. The summed E-state index contributed by atoms with van der Waals surface area (Å²) in [5.74, 6) is 3.96. The lowest BCUT2D eigenvalue weighted by molar-refractivity contribution is 0.291. The molecule has 1 heterocycles. The van der Waals surface area contributed by atoms with Gasteiger partial charge in [-0.3, -0.25) is 0 Å². The van der Waals surface area contributed by atoms with E-state index in [4.69, 9.17) is 0 Å². The Morgan fingerprint density at radius 3 is 1.91 bits per heavy atom. The zero-order valence-corrected chi connectivity index (χ0v) is 24.0. The van der Waals surface area contributed by atoms with E-state index in [1.807, 2.05) is 0 Å². The van der Waals surface area contributed by atoms with Gasteiger partial charge in [0.2, 0.25) is 0 Å². The van der Waals surface area contributed by atoms with E-state index >= 15 is 0 Å². The zero-order valence-electron chi connectivity index (χ0n) is 23.0. The van der Waals surface area contributed by atoms with Crippen molar-refractivity contribution in [3.63, 3.8) is 0 Å². The van der Waals surface area contributed by atoms with E-state index in [2.05, 4.69) is 125 Å². The van der Waals surface area contributed by atoms with Crippen LogP contribution < -0.4 is 9.88 Å². The Morgan fingerprint density at radius 1 is 0.829 bits per heavy atom. The number of benzene rings is 2. The van der Waals surface area contributed by atoms with Crippen molar-refractivity contribution in [2.45, 2.75) is 66.6 Å². The molecule has 186 valence electrons. The highest BCUT2D eigenvalue weighted by molar-refractivity contribution is 6.84. The van der Waals surface area contributed by atoms with Crippen LogP contribution in [0.25, 0.3) is 0 Å². The molecule has 0 saturated heterocycles. The van der Waals surface area contributed by atoms with E-state index in [1.54, 1.807) is 11.1 Å². The first-order valence-electron chi connectivity index (χ1n) is 13.8. The third-order valence-electron chi connectivity index (χ3n) is 9.20. The maximum atomic E-state index is 3.72. The number of para-hydroxylation sites is 4. The summed E-state index contributed by atoms with van der Waals surface area (Å²) in [5, 5.41) is 3.72. The van der Waals surface area contributed by atoms with Gasteiger partial charge in [-0.05, 0) is 77.3 Å². The normalized spacial score (nSPS) is 25.7. The maximum Gasteiger partial charge on any atom is 0.160 e. The minimum Gasteiger partial charge on any atom is -0.366 e. The lowest BCUT2D eigenvalue weighted by atomic mass is 9.70. The summed E-state index contributed by atoms with van der Waals surface area (Å²) in [6.07, 6.45) is 6.66. The molecule has 1 unspecified atom stereocenters. The minimum atomic E-state index is -1.98. The van der Waals surface area contributed by atoms with Crippen LogP contribution >= 0.6 is 0 Å². The summed E-state index contributed by atoms with van der Waals surface area (Å²) in [6.45, 7) is 19.8. The van der Waals surface area contributed by atoms with Crippen molar-refractivity contribution in [3.05, 3.63) is 71.8 Å². The van der Waals surface area contributed by atoms with Crippen LogP contribution in [0.5, 0.6) is 0 Å². The summed E-state index contributed by atoms with van der Waals surface area (Å²) < 4.78 is 2.80. The van der Waals surface area contributed by atoms with E-state index < -0.39 is 8.24 Å². The van der Waals surface area contributed by atoms with Gasteiger partial charge in [-0.25, -0.2) is 0 Å². The second-order valence-electron chi connectivity index (χ2n) is 12.6. The molecule has 3 heteroatoms. The summed E-state index contributed by atoms with van der Waals surface area (Å²) in [5.41, 5.74) is 9.18. The first-order valence-corrected chi connectivity index (χ1v) is 16.8. The highest BCUT2D eigenvalue weighted by Gasteiger charge is 2.55. The topological polar surface area (TPSA) is 15.3 Å². The number of nitrogens with zero attached hydrogens (tertiary/aromatic N) is 1. The summed E-state index contributed by atoms with van der Waals surface area (Å²) >= 11 is 0. The number of anilines is 4. The van der Waals surface area contributed by atoms with Crippen LogP contribution in [0.1, 0.15) is 48.0 Å². The van der Waals surface area contributed by atoms with Gasteiger partial charge in [-0.15, -0.1) is 0 Å². The Balaban J connectivity index is 1.65. The first kappa shape index (κ1) is 24.4. The van der Waals surface area contributed by atoms with Gasteiger partial charge in [0.25, 0.3) is 0 Å². The van der Waals surface area contributed by atoms with Crippen LogP contribution in [0.3, 0.4) is 0 Å². The van der Waals surface area contributed by atoms with Crippen LogP contribution in [-0.2, 0) is 0 Å². The lowest BCUT2D eigenvalue weighted by Gasteiger charge is -2.48. The van der Waals surface area contributed by atoms with E-state index in [0.29, 0.717) is 35.1 Å². The predicted molar refractivity (Wildman–Crippen MR) is 155 cm³/mol. The predicted octanol–water partition coefficient (Wildman–Crippen LogP) is 9.54. The molecule has 2 aromatic rings. The van der Waals surface area contributed by atoms with Crippen molar-refractivity contribution in [2.24, 2.45) is 35.5 Å². The molecule has 5 rings (SSSR count). The lowest BCUT2D eigenvalue weighted by Crippen LogP contribution is -2.52. The van der Waals surface area contributed by atoms with Crippen molar-refractivity contribution in [1.29, 1.82) is 0 Å². The largest absolute Gasteiger partial charge is 0.366 e. The monoisotopic (exact) mass is 484 g/mol. The van der Waals surface area contributed by atoms with Gasteiger partial charge < -0.3 is 9.88 Å². The van der Waals surface area contributed by atoms with Crippen LogP contribution in [0.15, 0.2) is 71.8 Å². The molecule has 2 nitrogen and oxygen atoms in total. The molecule has 0 aromatic heterocycles. The second kappa shape index (κ2) is 8.99. The SMILES string of the molecule is CC(C)C1=C[C@@H]2C([Si](C)(C)N3c4ccccc4Nc4ccccc43)C[C@H](C(C)C)[C@@H]2C(C(C)C)=C1. The van der Waals surface area contributed by atoms with Crippen LogP contribution in [0.2, 0.25) is 18.6 Å². The first-order chi connectivity index (χ1) is 16.6. The second-order valence-corrected chi connectivity index (χ2v) is 17.1. The molecule has 0 spiro atoms. The highest BCUT2D eigenvalue weighted by atomic mass is 28.3. The van der Waals surface area contributed by atoms with E-state index in [1.165, 1.54) is 29.2 Å². The van der Waals surface area contributed by atoms with Gasteiger partial charge in [0.15, 0.2) is 8.24 Å². The van der Waals surface area contributed by atoms with Gasteiger partial charge in [-0.1, -0.05) is 96.6 Å². The molecule has 35 heavy (non-hydrogen) atoms. The molecule has 1 saturated carbocycles. The smallest absolute Gasteiger partial charge is 0.160 e. The van der Waals surface area contributed by atoms with Gasteiger partial charge in [0, 0.05) is 0 Å². The standard InChI is InChI=1S/C32H44N2Si/c1-20(2)23-17-24(21(3)4)32-25(22(5)6)19-31(26(32)18-23)35(7,8)34-29-15-11-9-13-27(29)33-28-14-10-12-16-30(28)34/h9-18,20-22,25-26,31-33H,19H2,1-8H3/t25-,26-,31?,32+/m1/s1. The van der Waals surface area contributed by atoms with E-state index in [-0.39, 0.29) is 0 Å².